The summed E-state index contributed by atoms with van der Waals surface area (Å²) in [5, 5.41) is 2.79. The van der Waals surface area contributed by atoms with E-state index in [0.29, 0.717) is 5.92 Å². The van der Waals surface area contributed by atoms with Crippen molar-refractivity contribution in [3.63, 3.8) is 0 Å². The molecule has 3 nitrogen and oxygen atoms in total. The highest BCUT2D eigenvalue weighted by Gasteiger charge is 2.03. The van der Waals surface area contributed by atoms with Gasteiger partial charge in [-0.15, -0.1) is 4.91 Å². The van der Waals surface area contributed by atoms with E-state index in [4.69, 9.17) is 0 Å². The number of hydrogen-bond acceptors (Lipinski definition) is 3. The zero-order chi connectivity index (χ0) is 11.8. The van der Waals surface area contributed by atoms with Crippen LogP contribution in [0.5, 0.6) is 0 Å². The monoisotopic (exact) mass is 206 g/mol. The molecule has 0 aliphatic heterocycles. The van der Waals surface area contributed by atoms with Crippen molar-refractivity contribution in [2.75, 3.05) is 0 Å². The van der Waals surface area contributed by atoms with Gasteiger partial charge in [0, 0.05) is 17.5 Å². The Hall–Kier alpha value is -1.51. The van der Waals surface area contributed by atoms with Crippen LogP contribution in [0.25, 0.3) is 5.70 Å². The molecular formula is C12H18N2O. The topological polar surface area (TPSA) is 42.3 Å². The first kappa shape index (κ1) is 13.5. The largest absolute Gasteiger partial charge is 0.261 e. The van der Waals surface area contributed by atoms with E-state index in [9.17, 15) is 4.91 Å². The molecule has 1 aromatic rings. The van der Waals surface area contributed by atoms with E-state index in [2.05, 4.69) is 16.7 Å². The van der Waals surface area contributed by atoms with Crippen LogP contribution in [-0.4, -0.2) is 4.98 Å². The summed E-state index contributed by atoms with van der Waals surface area (Å²) in [6.45, 7) is 11.6. The molecule has 0 N–H and O–H groups in total. The van der Waals surface area contributed by atoms with Gasteiger partial charge in [0.25, 0.3) is 0 Å². The summed E-state index contributed by atoms with van der Waals surface area (Å²) in [4.78, 5) is 14.4. The van der Waals surface area contributed by atoms with Crippen LogP contribution in [0.4, 0.5) is 0 Å². The molecule has 0 fully saturated rings. The number of nitrogens with zero attached hydrogens (tertiary/aromatic N) is 2. The fourth-order valence-corrected chi connectivity index (χ4v) is 0.996. The van der Waals surface area contributed by atoms with Crippen LogP contribution in [0.1, 0.15) is 44.9 Å². The van der Waals surface area contributed by atoms with E-state index in [1.807, 2.05) is 33.8 Å². The SMILES string of the molecule is C=C(N=O)c1ccnc(C(C)C)c1.CC. The molecule has 0 aliphatic carbocycles. The highest BCUT2D eigenvalue weighted by atomic mass is 16.3. The summed E-state index contributed by atoms with van der Waals surface area (Å²) in [6, 6.07) is 3.57. The van der Waals surface area contributed by atoms with Crippen molar-refractivity contribution in [3.8, 4) is 0 Å². The Kier molecular flexibility index (Phi) is 6.18. The van der Waals surface area contributed by atoms with Crippen molar-refractivity contribution in [1.82, 2.24) is 4.98 Å². The number of hydrogen-bond donors (Lipinski definition) is 0. The van der Waals surface area contributed by atoms with E-state index in [-0.39, 0.29) is 5.70 Å². The predicted octanol–water partition coefficient (Wildman–Crippen LogP) is 3.97. The van der Waals surface area contributed by atoms with Gasteiger partial charge in [0.1, 0.15) is 5.70 Å². The third kappa shape index (κ3) is 4.02. The molecule has 15 heavy (non-hydrogen) atoms. The lowest BCUT2D eigenvalue weighted by molar-refractivity contribution is 0.822. The van der Waals surface area contributed by atoms with Gasteiger partial charge in [-0.05, 0) is 23.2 Å². The first-order valence-electron chi connectivity index (χ1n) is 5.13. The fraction of sp³-hybridized carbons (Fsp3) is 0.417. The molecule has 0 spiro atoms. The number of rotatable bonds is 3. The number of pyridine rings is 1. The van der Waals surface area contributed by atoms with Gasteiger partial charge in [-0.3, -0.25) is 4.98 Å². The van der Waals surface area contributed by atoms with Crippen LogP contribution in [0.2, 0.25) is 0 Å². The summed E-state index contributed by atoms with van der Waals surface area (Å²) in [5.74, 6) is 0.347. The summed E-state index contributed by atoms with van der Waals surface area (Å²) in [6.07, 6.45) is 1.67. The summed E-state index contributed by atoms with van der Waals surface area (Å²) < 4.78 is 0. The quantitative estimate of drug-likeness (QED) is 0.702. The minimum absolute atomic E-state index is 0.254. The van der Waals surface area contributed by atoms with Crippen molar-refractivity contribution in [1.29, 1.82) is 0 Å². The molecular weight excluding hydrogens is 188 g/mol. The molecule has 1 rings (SSSR count). The molecule has 0 bridgehead atoms. The first-order valence-corrected chi connectivity index (χ1v) is 5.13. The number of nitroso groups, excluding NO2 is 1. The predicted molar refractivity (Wildman–Crippen MR) is 64.5 cm³/mol. The normalized spacial score (nSPS) is 9.13. The summed E-state index contributed by atoms with van der Waals surface area (Å²) in [5.41, 5.74) is 1.94. The second-order valence-corrected chi connectivity index (χ2v) is 3.16. The van der Waals surface area contributed by atoms with Gasteiger partial charge < -0.3 is 0 Å². The van der Waals surface area contributed by atoms with Gasteiger partial charge in [-0.1, -0.05) is 34.3 Å². The van der Waals surface area contributed by atoms with Crippen LogP contribution in [0, 0.1) is 4.91 Å². The molecule has 0 aliphatic rings. The van der Waals surface area contributed by atoms with E-state index >= 15 is 0 Å². The van der Waals surface area contributed by atoms with Gasteiger partial charge in [0.2, 0.25) is 0 Å². The lowest BCUT2D eigenvalue weighted by Crippen LogP contribution is -1.93. The Morgan fingerprint density at radius 3 is 2.53 bits per heavy atom. The molecule has 3 heteroatoms. The van der Waals surface area contributed by atoms with E-state index in [1.54, 1.807) is 12.3 Å². The highest BCUT2D eigenvalue weighted by molar-refractivity contribution is 5.61. The van der Waals surface area contributed by atoms with Crippen molar-refractivity contribution >= 4 is 5.70 Å². The van der Waals surface area contributed by atoms with Crippen LogP contribution in [0.3, 0.4) is 0 Å². The van der Waals surface area contributed by atoms with E-state index in [1.165, 1.54) is 0 Å². The molecule has 0 radical (unpaired) electrons. The van der Waals surface area contributed by atoms with Crippen LogP contribution in [-0.2, 0) is 0 Å². The second kappa shape index (κ2) is 6.87. The van der Waals surface area contributed by atoms with Gasteiger partial charge in [-0.25, -0.2) is 0 Å². The third-order valence-corrected chi connectivity index (χ3v) is 1.82. The maximum absolute atomic E-state index is 10.2. The standard InChI is InChI=1S/C10H12N2O.C2H6/c1-7(2)10-6-9(4-5-11-10)8(3)12-13;1-2/h4-7H,3H2,1-2H3;1-2H3. The minimum Gasteiger partial charge on any atom is -0.261 e. The van der Waals surface area contributed by atoms with Crippen LogP contribution < -0.4 is 0 Å². The maximum atomic E-state index is 10.2. The molecule has 0 aromatic carbocycles. The first-order chi connectivity index (χ1) is 7.15. The summed E-state index contributed by atoms with van der Waals surface area (Å²) in [7, 11) is 0. The average molecular weight is 206 g/mol. The Balaban J connectivity index is 0.000000921. The smallest absolute Gasteiger partial charge is 0.108 e. The lowest BCUT2D eigenvalue weighted by Gasteiger charge is -2.04. The van der Waals surface area contributed by atoms with Crippen LogP contribution in [0.15, 0.2) is 30.1 Å². The van der Waals surface area contributed by atoms with E-state index in [0.717, 1.165) is 11.3 Å². The highest BCUT2D eigenvalue weighted by Crippen LogP contribution is 2.17. The summed E-state index contributed by atoms with van der Waals surface area (Å²) >= 11 is 0. The zero-order valence-electron chi connectivity index (χ0n) is 9.82. The molecule has 1 aromatic heterocycles. The van der Waals surface area contributed by atoms with Crippen molar-refractivity contribution < 1.29 is 0 Å². The van der Waals surface area contributed by atoms with Gasteiger partial charge >= 0.3 is 0 Å². The molecule has 0 unspecified atom stereocenters. The molecule has 82 valence electrons. The zero-order valence-corrected chi connectivity index (χ0v) is 9.82. The van der Waals surface area contributed by atoms with Crippen molar-refractivity contribution in [3.05, 3.63) is 41.1 Å². The third-order valence-electron chi connectivity index (χ3n) is 1.82. The molecule has 0 atom stereocenters. The Morgan fingerprint density at radius 1 is 1.47 bits per heavy atom. The second-order valence-electron chi connectivity index (χ2n) is 3.16. The van der Waals surface area contributed by atoms with Crippen molar-refractivity contribution in [2.24, 2.45) is 5.18 Å². The van der Waals surface area contributed by atoms with Crippen molar-refractivity contribution in [2.45, 2.75) is 33.6 Å². The fourth-order valence-electron chi connectivity index (χ4n) is 0.996. The molecule has 1 heterocycles. The van der Waals surface area contributed by atoms with Gasteiger partial charge in [0.15, 0.2) is 0 Å². The molecule has 0 saturated heterocycles. The Morgan fingerprint density at radius 2 is 2.07 bits per heavy atom. The molecule has 0 saturated carbocycles. The van der Waals surface area contributed by atoms with Gasteiger partial charge in [0.05, 0.1) is 0 Å². The van der Waals surface area contributed by atoms with E-state index < -0.39 is 0 Å². The Labute approximate surface area is 91.2 Å². The lowest BCUT2D eigenvalue weighted by atomic mass is 10.1. The van der Waals surface area contributed by atoms with Gasteiger partial charge in [-0.2, -0.15) is 0 Å². The molecule has 0 amide bonds. The van der Waals surface area contributed by atoms with Crippen LogP contribution >= 0.6 is 0 Å². The Bertz CT molecular complexity index is 332. The average Bonchev–Trinajstić information content (AvgIpc) is 2.30. The number of aromatic nitrogens is 1. The maximum Gasteiger partial charge on any atom is 0.108 e. The minimum atomic E-state index is 0.254.